The summed E-state index contributed by atoms with van der Waals surface area (Å²) < 4.78 is 5.16. The second-order valence-corrected chi connectivity index (χ2v) is 3.92. The molecular weight excluding hydrogens is 170 g/mol. The fraction of sp³-hybridized carbons (Fsp3) is 0.889. The van der Waals surface area contributed by atoms with Crippen LogP contribution in [-0.4, -0.2) is 36.9 Å². The highest BCUT2D eigenvalue weighted by Crippen LogP contribution is 2.27. The van der Waals surface area contributed by atoms with E-state index in [1.807, 2.05) is 6.92 Å². The molecule has 1 unspecified atom stereocenters. The Morgan fingerprint density at radius 2 is 2.46 bits per heavy atom. The summed E-state index contributed by atoms with van der Waals surface area (Å²) in [6, 6.07) is 0. The van der Waals surface area contributed by atoms with Gasteiger partial charge in [-0.3, -0.25) is 4.79 Å². The Morgan fingerprint density at radius 1 is 1.77 bits per heavy atom. The molecule has 1 aliphatic rings. The van der Waals surface area contributed by atoms with Gasteiger partial charge in [-0.05, 0) is 20.3 Å². The summed E-state index contributed by atoms with van der Waals surface area (Å²) >= 11 is 0. The Hall–Kier alpha value is -0.610. The molecule has 1 amide bonds. The van der Waals surface area contributed by atoms with Crippen LogP contribution in [0.5, 0.6) is 0 Å². The first-order valence-corrected chi connectivity index (χ1v) is 4.59. The molecule has 1 saturated heterocycles. The van der Waals surface area contributed by atoms with Gasteiger partial charge in [-0.2, -0.15) is 0 Å². The van der Waals surface area contributed by atoms with Crippen LogP contribution in [0.2, 0.25) is 0 Å². The molecule has 2 atom stereocenters. The van der Waals surface area contributed by atoms with E-state index in [4.69, 9.17) is 9.84 Å². The molecule has 2 N–H and O–H groups in total. The van der Waals surface area contributed by atoms with Gasteiger partial charge in [-0.15, -0.1) is 0 Å². The van der Waals surface area contributed by atoms with E-state index in [-0.39, 0.29) is 5.91 Å². The lowest BCUT2D eigenvalue weighted by Crippen LogP contribution is -2.42. The fourth-order valence-corrected chi connectivity index (χ4v) is 1.30. The summed E-state index contributed by atoms with van der Waals surface area (Å²) in [4.78, 5) is 11.6. The number of hydrogen-bond donors (Lipinski definition) is 2. The second kappa shape index (κ2) is 4.07. The van der Waals surface area contributed by atoms with Crippen molar-refractivity contribution in [3.8, 4) is 0 Å². The van der Waals surface area contributed by atoms with Crippen LogP contribution in [0.1, 0.15) is 20.3 Å². The van der Waals surface area contributed by atoms with Gasteiger partial charge in [-0.1, -0.05) is 0 Å². The third kappa shape index (κ3) is 2.67. The minimum absolute atomic E-state index is 0.0223. The zero-order valence-electron chi connectivity index (χ0n) is 8.17. The van der Waals surface area contributed by atoms with Crippen molar-refractivity contribution in [1.29, 1.82) is 0 Å². The fourth-order valence-electron chi connectivity index (χ4n) is 1.30. The number of ether oxygens (including phenoxy) is 1. The molecule has 0 spiro atoms. The number of aliphatic hydroxyl groups excluding tert-OH is 1. The number of amides is 1. The third-order valence-electron chi connectivity index (χ3n) is 2.33. The topological polar surface area (TPSA) is 58.6 Å². The number of rotatable bonds is 3. The molecule has 0 aliphatic carbocycles. The molecule has 0 aromatic carbocycles. The molecule has 1 rings (SSSR count). The van der Waals surface area contributed by atoms with Crippen LogP contribution in [0.4, 0.5) is 0 Å². The van der Waals surface area contributed by atoms with E-state index in [0.717, 1.165) is 6.42 Å². The predicted molar refractivity (Wildman–Crippen MR) is 48.2 cm³/mol. The van der Waals surface area contributed by atoms with Crippen LogP contribution in [0.25, 0.3) is 0 Å². The van der Waals surface area contributed by atoms with Crippen LogP contribution >= 0.6 is 0 Å². The smallest absolute Gasteiger partial charge is 0.228 e. The summed E-state index contributed by atoms with van der Waals surface area (Å²) in [5.41, 5.74) is -0.394. The maximum atomic E-state index is 11.6. The van der Waals surface area contributed by atoms with Crippen LogP contribution in [0, 0.1) is 5.41 Å². The van der Waals surface area contributed by atoms with Gasteiger partial charge < -0.3 is 15.2 Å². The largest absolute Gasteiger partial charge is 0.392 e. The molecular formula is C9H17NO3. The zero-order valence-corrected chi connectivity index (χ0v) is 8.17. The van der Waals surface area contributed by atoms with Gasteiger partial charge in [0.15, 0.2) is 0 Å². The third-order valence-corrected chi connectivity index (χ3v) is 2.33. The first kappa shape index (κ1) is 10.5. The number of hydrogen-bond acceptors (Lipinski definition) is 3. The lowest BCUT2D eigenvalue weighted by atomic mass is 9.89. The highest BCUT2D eigenvalue weighted by Gasteiger charge is 2.37. The standard InChI is InChI=1S/C9H17NO3/c1-7(11)5-10-8(12)9(2)3-4-13-6-9/h7,11H,3-6H2,1-2H3,(H,10,12)/t7-,9?/m0/s1. The molecule has 4 nitrogen and oxygen atoms in total. The van der Waals surface area contributed by atoms with E-state index in [0.29, 0.717) is 19.8 Å². The van der Waals surface area contributed by atoms with Gasteiger partial charge in [0, 0.05) is 13.2 Å². The number of nitrogens with one attached hydrogen (secondary N) is 1. The highest BCUT2D eigenvalue weighted by atomic mass is 16.5. The molecule has 0 saturated carbocycles. The Bertz CT molecular complexity index is 185. The van der Waals surface area contributed by atoms with Crippen molar-refractivity contribution < 1.29 is 14.6 Å². The van der Waals surface area contributed by atoms with E-state index in [9.17, 15) is 4.79 Å². The van der Waals surface area contributed by atoms with Crippen molar-refractivity contribution in [1.82, 2.24) is 5.32 Å². The minimum Gasteiger partial charge on any atom is -0.392 e. The lowest BCUT2D eigenvalue weighted by molar-refractivity contribution is -0.130. The summed E-state index contributed by atoms with van der Waals surface area (Å²) in [7, 11) is 0. The number of carbonyl (C=O) groups is 1. The normalized spacial score (nSPS) is 30.1. The maximum Gasteiger partial charge on any atom is 0.228 e. The van der Waals surface area contributed by atoms with Gasteiger partial charge in [0.2, 0.25) is 5.91 Å². The van der Waals surface area contributed by atoms with Gasteiger partial charge in [-0.25, -0.2) is 0 Å². The Morgan fingerprint density at radius 3 is 2.92 bits per heavy atom. The van der Waals surface area contributed by atoms with Gasteiger partial charge in [0.1, 0.15) is 0 Å². The van der Waals surface area contributed by atoms with E-state index < -0.39 is 11.5 Å². The minimum atomic E-state index is -0.491. The van der Waals surface area contributed by atoms with Crippen molar-refractivity contribution >= 4 is 5.91 Å². The summed E-state index contributed by atoms with van der Waals surface area (Å²) in [6.45, 7) is 4.98. The predicted octanol–water partition coefficient (Wildman–Crippen LogP) is -0.0900. The summed E-state index contributed by atoms with van der Waals surface area (Å²) in [5, 5.41) is 11.7. The quantitative estimate of drug-likeness (QED) is 0.649. The Labute approximate surface area is 78.3 Å². The van der Waals surface area contributed by atoms with Crippen molar-refractivity contribution in [2.45, 2.75) is 26.4 Å². The molecule has 1 aliphatic heterocycles. The van der Waals surface area contributed by atoms with E-state index >= 15 is 0 Å². The first-order chi connectivity index (χ1) is 6.04. The molecule has 1 fully saturated rings. The van der Waals surface area contributed by atoms with E-state index in [1.165, 1.54) is 0 Å². The van der Waals surface area contributed by atoms with E-state index in [2.05, 4.69) is 5.32 Å². The molecule has 0 aromatic heterocycles. The zero-order chi connectivity index (χ0) is 9.90. The Balaban J connectivity index is 2.38. The molecule has 13 heavy (non-hydrogen) atoms. The molecule has 4 heteroatoms. The molecule has 76 valence electrons. The number of carbonyl (C=O) groups excluding carboxylic acids is 1. The van der Waals surface area contributed by atoms with Gasteiger partial charge in [0.25, 0.3) is 0 Å². The molecule has 0 radical (unpaired) electrons. The SMILES string of the molecule is C[C@H](O)CNC(=O)C1(C)CCOC1. The number of aliphatic hydroxyl groups is 1. The summed E-state index contributed by atoms with van der Waals surface area (Å²) in [6.07, 6.45) is 0.272. The first-order valence-electron chi connectivity index (χ1n) is 4.59. The average molecular weight is 187 g/mol. The van der Waals surface area contributed by atoms with Crippen LogP contribution in [-0.2, 0) is 9.53 Å². The van der Waals surface area contributed by atoms with E-state index in [1.54, 1.807) is 6.92 Å². The second-order valence-electron chi connectivity index (χ2n) is 3.92. The van der Waals surface area contributed by atoms with Crippen LogP contribution in [0.15, 0.2) is 0 Å². The van der Waals surface area contributed by atoms with Crippen molar-refractivity contribution in [2.75, 3.05) is 19.8 Å². The maximum absolute atomic E-state index is 11.6. The van der Waals surface area contributed by atoms with Crippen molar-refractivity contribution in [3.05, 3.63) is 0 Å². The van der Waals surface area contributed by atoms with Crippen LogP contribution < -0.4 is 5.32 Å². The van der Waals surface area contributed by atoms with Gasteiger partial charge >= 0.3 is 0 Å². The van der Waals surface area contributed by atoms with Gasteiger partial charge in [0.05, 0.1) is 18.1 Å². The Kier molecular flexibility index (Phi) is 3.27. The monoisotopic (exact) mass is 187 g/mol. The van der Waals surface area contributed by atoms with Crippen molar-refractivity contribution in [3.63, 3.8) is 0 Å². The highest BCUT2D eigenvalue weighted by molar-refractivity contribution is 5.82. The lowest BCUT2D eigenvalue weighted by Gasteiger charge is -2.20. The molecule has 1 heterocycles. The molecule has 0 bridgehead atoms. The summed E-state index contributed by atoms with van der Waals surface area (Å²) in [5.74, 6) is -0.0223. The average Bonchev–Trinajstić information content (AvgIpc) is 2.49. The molecule has 0 aromatic rings. The van der Waals surface area contributed by atoms with Crippen LogP contribution in [0.3, 0.4) is 0 Å². The van der Waals surface area contributed by atoms with Crippen molar-refractivity contribution in [2.24, 2.45) is 5.41 Å².